The average molecular weight is 382 g/mol. The SMILES string of the molecule is O=C(OCc1nc2nc(Cl)nc(N3CCOCC3)c2[nH]1)N1CCNCC1. The number of morpholine rings is 1. The van der Waals surface area contributed by atoms with Gasteiger partial charge >= 0.3 is 6.09 Å². The van der Waals surface area contributed by atoms with Crippen LogP contribution in [0.5, 0.6) is 0 Å². The third-order valence-corrected chi connectivity index (χ3v) is 4.54. The van der Waals surface area contributed by atoms with Crippen molar-refractivity contribution in [2.24, 2.45) is 0 Å². The van der Waals surface area contributed by atoms with Gasteiger partial charge in [0.2, 0.25) is 5.28 Å². The van der Waals surface area contributed by atoms with Crippen molar-refractivity contribution in [1.82, 2.24) is 30.2 Å². The Morgan fingerprint density at radius 2 is 1.92 bits per heavy atom. The Morgan fingerprint density at radius 1 is 1.15 bits per heavy atom. The monoisotopic (exact) mass is 381 g/mol. The number of aromatic nitrogens is 4. The number of nitrogens with zero attached hydrogens (tertiary/aromatic N) is 5. The summed E-state index contributed by atoms with van der Waals surface area (Å²) in [7, 11) is 0. The first kappa shape index (κ1) is 17.3. The molecule has 2 aromatic heterocycles. The van der Waals surface area contributed by atoms with Crippen LogP contribution in [-0.2, 0) is 16.1 Å². The van der Waals surface area contributed by atoms with Crippen LogP contribution in [0.2, 0.25) is 5.28 Å². The fourth-order valence-electron chi connectivity index (χ4n) is 3.05. The highest BCUT2D eigenvalue weighted by Gasteiger charge is 2.21. The predicted molar refractivity (Wildman–Crippen MR) is 94.4 cm³/mol. The molecule has 0 atom stereocenters. The quantitative estimate of drug-likeness (QED) is 0.735. The van der Waals surface area contributed by atoms with Gasteiger partial charge in [0, 0.05) is 39.3 Å². The molecule has 10 nitrogen and oxygen atoms in total. The van der Waals surface area contributed by atoms with Gasteiger partial charge in [0.1, 0.15) is 11.3 Å². The van der Waals surface area contributed by atoms with Crippen LogP contribution in [0.25, 0.3) is 11.2 Å². The minimum atomic E-state index is -0.343. The number of halogens is 1. The topological polar surface area (TPSA) is 108 Å². The zero-order valence-electron chi connectivity index (χ0n) is 14.2. The number of ether oxygens (including phenoxy) is 2. The molecule has 0 spiro atoms. The van der Waals surface area contributed by atoms with Crippen molar-refractivity contribution >= 4 is 34.7 Å². The van der Waals surface area contributed by atoms with Crippen molar-refractivity contribution in [3.8, 4) is 0 Å². The van der Waals surface area contributed by atoms with Crippen LogP contribution in [0, 0.1) is 0 Å². The molecule has 2 aliphatic rings. The summed E-state index contributed by atoms with van der Waals surface area (Å²) >= 11 is 6.05. The molecule has 26 heavy (non-hydrogen) atoms. The van der Waals surface area contributed by atoms with E-state index in [1.54, 1.807) is 4.90 Å². The summed E-state index contributed by atoms with van der Waals surface area (Å²) in [5, 5.41) is 3.33. The van der Waals surface area contributed by atoms with Crippen LogP contribution in [0.1, 0.15) is 5.82 Å². The molecular formula is C15H20ClN7O3. The van der Waals surface area contributed by atoms with Crippen molar-refractivity contribution in [3.05, 3.63) is 11.1 Å². The van der Waals surface area contributed by atoms with Crippen molar-refractivity contribution in [1.29, 1.82) is 0 Å². The van der Waals surface area contributed by atoms with Gasteiger partial charge in [-0.05, 0) is 11.6 Å². The first-order chi connectivity index (χ1) is 12.7. The third kappa shape index (κ3) is 3.67. The molecule has 0 aromatic carbocycles. The number of nitrogens with one attached hydrogen (secondary N) is 2. The predicted octanol–water partition coefficient (Wildman–Crippen LogP) is 0.385. The fourth-order valence-corrected chi connectivity index (χ4v) is 3.21. The minimum Gasteiger partial charge on any atom is -0.441 e. The van der Waals surface area contributed by atoms with E-state index >= 15 is 0 Å². The van der Waals surface area contributed by atoms with Gasteiger partial charge in [-0.2, -0.15) is 9.97 Å². The van der Waals surface area contributed by atoms with E-state index in [2.05, 4.69) is 30.2 Å². The van der Waals surface area contributed by atoms with Crippen molar-refractivity contribution in [3.63, 3.8) is 0 Å². The molecule has 11 heteroatoms. The summed E-state index contributed by atoms with van der Waals surface area (Å²) in [4.78, 5) is 31.9. The highest BCUT2D eigenvalue weighted by atomic mass is 35.5. The van der Waals surface area contributed by atoms with Gasteiger partial charge in [-0.1, -0.05) is 0 Å². The van der Waals surface area contributed by atoms with E-state index in [9.17, 15) is 4.79 Å². The molecular weight excluding hydrogens is 362 g/mol. The van der Waals surface area contributed by atoms with Crippen LogP contribution < -0.4 is 10.2 Å². The van der Waals surface area contributed by atoms with Crippen LogP contribution in [0.3, 0.4) is 0 Å². The second-order valence-electron chi connectivity index (χ2n) is 6.09. The highest BCUT2D eigenvalue weighted by Crippen LogP contribution is 2.24. The molecule has 0 radical (unpaired) electrons. The summed E-state index contributed by atoms with van der Waals surface area (Å²) in [6.07, 6.45) is -0.343. The third-order valence-electron chi connectivity index (χ3n) is 4.37. The molecule has 140 valence electrons. The van der Waals surface area contributed by atoms with Gasteiger partial charge in [-0.15, -0.1) is 0 Å². The molecule has 2 aromatic rings. The highest BCUT2D eigenvalue weighted by molar-refractivity contribution is 6.28. The maximum absolute atomic E-state index is 12.1. The number of fused-ring (bicyclic) bond motifs is 1. The Morgan fingerprint density at radius 3 is 2.69 bits per heavy atom. The lowest BCUT2D eigenvalue weighted by Gasteiger charge is -2.27. The van der Waals surface area contributed by atoms with E-state index in [0.717, 1.165) is 26.2 Å². The van der Waals surface area contributed by atoms with Crippen LogP contribution in [-0.4, -0.2) is 83.4 Å². The van der Waals surface area contributed by atoms with E-state index in [-0.39, 0.29) is 18.0 Å². The van der Waals surface area contributed by atoms with Gasteiger partial charge in [-0.3, -0.25) is 0 Å². The zero-order valence-corrected chi connectivity index (χ0v) is 15.0. The lowest BCUT2D eigenvalue weighted by Crippen LogP contribution is -2.46. The Bertz CT molecular complexity index is 787. The fraction of sp³-hybridized carbons (Fsp3) is 0.600. The summed E-state index contributed by atoms with van der Waals surface area (Å²) < 4.78 is 10.7. The molecule has 2 N–H and O–H groups in total. The number of aromatic amines is 1. The van der Waals surface area contributed by atoms with E-state index in [0.29, 0.717) is 49.1 Å². The van der Waals surface area contributed by atoms with E-state index in [1.165, 1.54) is 0 Å². The minimum absolute atomic E-state index is 0.0410. The normalized spacial score (nSPS) is 18.3. The Labute approximate surface area is 154 Å². The number of imidazole rings is 1. The Balaban J connectivity index is 1.50. The van der Waals surface area contributed by atoms with Gasteiger partial charge in [0.15, 0.2) is 18.1 Å². The summed E-state index contributed by atoms with van der Waals surface area (Å²) in [6.45, 7) is 5.57. The maximum Gasteiger partial charge on any atom is 0.410 e. The lowest BCUT2D eigenvalue weighted by atomic mass is 10.4. The first-order valence-electron chi connectivity index (χ1n) is 8.58. The van der Waals surface area contributed by atoms with Gasteiger partial charge in [0.25, 0.3) is 0 Å². The van der Waals surface area contributed by atoms with Gasteiger partial charge < -0.3 is 29.6 Å². The number of anilines is 1. The number of carbonyl (C=O) groups is 1. The van der Waals surface area contributed by atoms with E-state index in [4.69, 9.17) is 21.1 Å². The second kappa shape index (κ2) is 7.60. The van der Waals surface area contributed by atoms with Gasteiger partial charge in [0.05, 0.1) is 13.2 Å². The smallest absolute Gasteiger partial charge is 0.410 e. The zero-order chi connectivity index (χ0) is 17.9. The van der Waals surface area contributed by atoms with Crippen LogP contribution in [0.4, 0.5) is 10.6 Å². The largest absolute Gasteiger partial charge is 0.441 e. The van der Waals surface area contributed by atoms with Crippen LogP contribution in [0.15, 0.2) is 0 Å². The van der Waals surface area contributed by atoms with Crippen molar-refractivity contribution in [2.75, 3.05) is 57.4 Å². The number of carbonyl (C=O) groups excluding carboxylic acids is 1. The van der Waals surface area contributed by atoms with Gasteiger partial charge in [-0.25, -0.2) is 9.78 Å². The Kier molecular flexibility index (Phi) is 5.05. The van der Waals surface area contributed by atoms with Crippen molar-refractivity contribution in [2.45, 2.75) is 6.61 Å². The lowest BCUT2D eigenvalue weighted by molar-refractivity contribution is 0.0899. The molecule has 1 amide bonds. The molecule has 2 saturated heterocycles. The summed E-state index contributed by atoms with van der Waals surface area (Å²) in [5.74, 6) is 1.20. The van der Waals surface area contributed by atoms with E-state index in [1.807, 2.05) is 0 Å². The average Bonchev–Trinajstić information content (AvgIpc) is 3.09. The number of amides is 1. The molecule has 0 aliphatic carbocycles. The molecule has 4 heterocycles. The molecule has 2 fully saturated rings. The van der Waals surface area contributed by atoms with Crippen LogP contribution >= 0.6 is 11.6 Å². The molecule has 0 saturated carbocycles. The number of piperazine rings is 1. The molecule has 4 rings (SSSR count). The molecule has 2 aliphatic heterocycles. The first-order valence-corrected chi connectivity index (χ1v) is 8.96. The Hall–Kier alpha value is -2.17. The summed E-state index contributed by atoms with van der Waals surface area (Å²) in [5.41, 5.74) is 1.14. The van der Waals surface area contributed by atoms with Crippen molar-refractivity contribution < 1.29 is 14.3 Å². The van der Waals surface area contributed by atoms with E-state index < -0.39 is 0 Å². The number of hydrogen-bond donors (Lipinski definition) is 2. The number of hydrogen-bond acceptors (Lipinski definition) is 8. The molecule has 0 unspecified atom stereocenters. The summed E-state index contributed by atoms with van der Waals surface area (Å²) in [6, 6.07) is 0. The second-order valence-corrected chi connectivity index (χ2v) is 6.43. The molecule has 0 bridgehead atoms. The number of H-pyrrole nitrogens is 1. The number of rotatable bonds is 3. The maximum atomic E-state index is 12.1. The standard InChI is InChI=1S/C15H20ClN7O3/c16-14-20-12-11(13(21-14)22-5-7-25-8-6-22)18-10(19-12)9-26-15(24)23-3-1-17-2-4-23/h17H,1-9H2,(H,18,19,20,21).